The van der Waals surface area contributed by atoms with Gasteiger partial charge >= 0.3 is 25.6 Å². The predicted octanol–water partition coefficient (Wildman–Crippen LogP) is 2.07. The fourth-order valence-corrected chi connectivity index (χ4v) is 6.12. The molecule has 1 aromatic rings. The van der Waals surface area contributed by atoms with E-state index in [1.807, 2.05) is 0 Å². The van der Waals surface area contributed by atoms with Gasteiger partial charge in [0.15, 0.2) is 6.10 Å². The van der Waals surface area contributed by atoms with Crippen molar-refractivity contribution in [2.75, 3.05) is 6.61 Å². The van der Waals surface area contributed by atoms with Crippen molar-refractivity contribution in [2.24, 2.45) is 16.6 Å². The van der Waals surface area contributed by atoms with E-state index in [1.54, 1.807) is 53.7 Å². The van der Waals surface area contributed by atoms with Gasteiger partial charge in [-0.2, -0.15) is 0 Å². The number of amidine groups is 1. The molecule has 0 unspecified atom stereocenters. The van der Waals surface area contributed by atoms with Crippen molar-refractivity contribution in [1.82, 2.24) is 15.2 Å². The van der Waals surface area contributed by atoms with Crippen molar-refractivity contribution in [3.8, 4) is 0 Å². The van der Waals surface area contributed by atoms with Crippen LogP contribution in [-0.4, -0.2) is 88.9 Å². The summed E-state index contributed by atoms with van der Waals surface area (Å²) in [7, 11) is -4.27. The molecule has 0 bridgehead atoms. The zero-order valence-corrected chi connectivity index (χ0v) is 28.0. The summed E-state index contributed by atoms with van der Waals surface area (Å²) in [5, 5.41) is 24.0. The van der Waals surface area contributed by atoms with Crippen LogP contribution >= 0.6 is 7.67 Å². The minimum atomic E-state index is -4.27. The number of aliphatic hydroxyl groups is 1. The van der Waals surface area contributed by atoms with Crippen molar-refractivity contribution in [3.63, 3.8) is 0 Å². The number of nitrogens with zero attached hydrogens (tertiary/aromatic N) is 1. The molecule has 0 amide bonds. The van der Waals surface area contributed by atoms with Crippen molar-refractivity contribution in [2.45, 2.75) is 111 Å². The van der Waals surface area contributed by atoms with Gasteiger partial charge in [0, 0.05) is 5.69 Å². The third-order valence-electron chi connectivity index (χ3n) is 6.50. The second-order valence-corrected chi connectivity index (χ2v) is 13.7. The molecule has 1 aliphatic rings. The van der Waals surface area contributed by atoms with Gasteiger partial charge in [0.1, 0.15) is 42.1 Å². The molecule has 0 saturated carbocycles. The average molecular weight is 659 g/mol. The van der Waals surface area contributed by atoms with Crippen LogP contribution in [0.1, 0.15) is 79.8 Å². The number of aromatic amines is 1. The zero-order valence-electron chi connectivity index (χ0n) is 27.2. The number of rotatable bonds is 16. The molecular formula is C28H47N6O10P. The fourth-order valence-electron chi connectivity index (χ4n) is 4.31. The highest BCUT2D eigenvalue weighted by atomic mass is 31.2. The van der Waals surface area contributed by atoms with E-state index in [0.29, 0.717) is 11.4 Å². The van der Waals surface area contributed by atoms with Crippen LogP contribution in [0.3, 0.4) is 0 Å². The van der Waals surface area contributed by atoms with Crippen LogP contribution in [0.5, 0.6) is 0 Å². The Hall–Kier alpha value is -3.14. The summed E-state index contributed by atoms with van der Waals surface area (Å²) in [6.45, 7) is 13.6. The molecule has 1 aromatic heterocycles. The molecule has 6 atom stereocenters. The number of H-pyrrole nitrogens is 1. The first-order valence-electron chi connectivity index (χ1n) is 14.6. The predicted molar refractivity (Wildman–Crippen MR) is 164 cm³/mol. The zero-order chi connectivity index (χ0) is 34.3. The van der Waals surface area contributed by atoms with Crippen molar-refractivity contribution >= 4 is 37.8 Å². The summed E-state index contributed by atoms with van der Waals surface area (Å²) in [4.78, 5) is 44.5. The Bertz CT molecular complexity index is 1250. The lowest BCUT2D eigenvalue weighted by Gasteiger charge is -2.31. The van der Waals surface area contributed by atoms with E-state index in [0.717, 1.165) is 6.34 Å². The summed E-state index contributed by atoms with van der Waals surface area (Å²) in [6.07, 6.45) is -3.72. The molecule has 7 N–H and O–H groups in total. The number of nitrogens with two attached hydrogens (primary N) is 1. The van der Waals surface area contributed by atoms with E-state index < -0.39 is 86.3 Å². The maximum atomic E-state index is 14.1. The molecule has 254 valence electrons. The van der Waals surface area contributed by atoms with Gasteiger partial charge in [-0.1, -0.05) is 13.8 Å². The Labute approximate surface area is 263 Å². The van der Waals surface area contributed by atoms with Crippen LogP contribution in [-0.2, 0) is 42.4 Å². The summed E-state index contributed by atoms with van der Waals surface area (Å²) >= 11 is 0. The Morgan fingerprint density at radius 3 is 2.07 bits per heavy atom. The lowest BCUT2D eigenvalue weighted by molar-refractivity contribution is -0.166. The number of carbonyl (C=O) groups excluding carboxylic acids is 3. The highest BCUT2D eigenvalue weighted by Gasteiger charge is 2.56. The molecule has 16 nitrogen and oxygen atoms in total. The van der Waals surface area contributed by atoms with Gasteiger partial charge in [-0.15, -0.1) is 0 Å². The van der Waals surface area contributed by atoms with Gasteiger partial charge in [0.25, 0.3) is 0 Å². The molecule has 45 heavy (non-hydrogen) atoms. The standard InChI is InChI=1S/C28H47N6O10P/c1-14(2)25(35)44-23-21(43-22(28(23,9)38)19-10-11-20(32-19)24(30)31-13-29)12-40-45(39,33-17(7)26(36)41-15(3)4)34-18(8)27(37)42-16(5)6/h10-11,13-18,21-23,32,38H,12H2,1-9H3,(H3,29,30,31)(H2,33,34,39)/t17-,18-,21-,22+,23-,28+/m1/s1. The van der Waals surface area contributed by atoms with E-state index in [9.17, 15) is 24.1 Å². The average Bonchev–Trinajstić information content (AvgIpc) is 3.49. The second kappa shape index (κ2) is 15.9. The molecule has 0 aliphatic carbocycles. The van der Waals surface area contributed by atoms with Gasteiger partial charge in [0.05, 0.1) is 30.4 Å². The van der Waals surface area contributed by atoms with Crippen molar-refractivity contribution in [1.29, 1.82) is 5.41 Å². The summed E-state index contributed by atoms with van der Waals surface area (Å²) in [6, 6.07) is 0.885. The quantitative estimate of drug-likeness (QED) is 0.0491. The molecule has 0 aromatic carbocycles. The molecule has 17 heteroatoms. The van der Waals surface area contributed by atoms with Gasteiger partial charge in [-0.25, -0.2) is 15.2 Å². The number of ether oxygens (including phenoxy) is 4. The van der Waals surface area contributed by atoms with Crippen molar-refractivity contribution in [3.05, 3.63) is 23.5 Å². The highest BCUT2D eigenvalue weighted by molar-refractivity contribution is 7.54. The third-order valence-corrected chi connectivity index (χ3v) is 8.47. The molecule has 2 heterocycles. The Balaban J connectivity index is 2.42. The first-order chi connectivity index (χ1) is 20.8. The lowest BCUT2D eigenvalue weighted by atomic mass is 9.91. The lowest BCUT2D eigenvalue weighted by Crippen LogP contribution is -2.47. The van der Waals surface area contributed by atoms with Crippen LogP contribution in [0, 0.1) is 11.3 Å². The smallest absolute Gasteiger partial charge is 0.342 e. The van der Waals surface area contributed by atoms with E-state index in [2.05, 4.69) is 20.2 Å². The van der Waals surface area contributed by atoms with Gasteiger partial charge in [-0.05, 0) is 60.6 Å². The van der Waals surface area contributed by atoms with Crippen LogP contribution < -0.4 is 15.9 Å². The fraction of sp³-hybridized carbons (Fsp3) is 0.679. The number of aliphatic imine (C=N–C) groups is 1. The molecule has 1 fully saturated rings. The van der Waals surface area contributed by atoms with Gasteiger partial charge in [-0.3, -0.25) is 24.4 Å². The van der Waals surface area contributed by atoms with Crippen LogP contribution in [0.2, 0.25) is 0 Å². The van der Waals surface area contributed by atoms with Crippen LogP contribution in [0.4, 0.5) is 0 Å². The number of carbonyl (C=O) groups is 3. The Kier molecular flexibility index (Phi) is 13.5. The third kappa shape index (κ3) is 10.4. The summed E-state index contributed by atoms with van der Waals surface area (Å²) in [5.74, 6) is -2.59. The molecule has 1 aliphatic heterocycles. The summed E-state index contributed by atoms with van der Waals surface area (Å²) in [5.41, 5.74) is 4.74. The molecule has 0 spiro atoms. The van der Waals surface area contributed by atoms with Crippen molar-refractivity contribution < 1.29 is 47.5 Å². The van der Waals surface area contributed by atoms with E-state index in [-0.39, 0.29) is 5.84 Å². The largest absolute Gasteiger partial charge is 0.462 e. The number of nitrogens with one attached hydrogen (secondary N) is 4. The van der Waals surface area contributed by atoms with Crippen LogP contribution in [0.15, 0.2) is 17.1 Å². The normalized spacial score (nSPS) is 23.7. The molecule has 1 saturated heterocycles. The van der Waals surface area contributed by atoms with E-state index in [1.165, 1.54) is 20.8 Å². The number of esters is 3. The first kappa shape index (κ1) is 38.0. The first-order valence-corrected chi connectivity index (χ1v) is 16.2. The Morgan fingerprint density at radius 1 is 1.07 bits per heavy atom. The SMILES string of the molecule is CC(C)OC(=O)[C@@H](C)NP(=O)(N[C@H](C)C(=O)OC(C)C)OC[C@H]1O[C@@H](c2ccc(C(N)=NC=N)[nH]2)[C@](C)(O)[C@@H]1OC(=O)C(C)C. The summed E-state index contributed by atoms with van der Waals surface area (Å²) < 4.78 is 42.2. The minimum absolute atomic E-state index is 0.0184. The van der Waals surface area contributed by atoms with E-state index >= 15 is 0 Å². The van der Waals surface area contributed by atoms with E-state index in [4.69, 9.17) is 34.6 Å². The van der Waals surface area contributed by atoms with Crippen LogP contribution in [0.25, 0.3) is 0 Å². The number of hydrogen-bond donors (Lipinski definition) is 6. The van der Waals surface area contributed by atoms with Gasteiger partial charge < -0.3 is 39.3 Å². The number of hydrogen-bond acceptors (Lipinski definition) is 11. The molecule has 0 radical (unpaired) electrons. The van der Waals surface area contributed by atoms with Gasteiger partial charge in [0.2, 0.25) is 0 Å². The maximum absolute atomic E-state index is 14.1. The number of aromatic nitrogens is 1. The minimum Gasteiger partial charge on any atom is -0.462 e. The maximum Gasteiger partial charge on any atom is 0.342 e. The Morgan fingerprint density at radius 2 is 1.60 bits per heavy atom. The highest BCUT2D eigenvalue weighted by Crippen LogP contribution is 2.46. The second-order valence-electron chi connectivity index (χ2n) is 11.8. The topological polar surface area (TPSA) is 237 Å². The molecular weight excluding hydrogens is 611 g/mol. The monoisotopic (exact) mass is 658 g/mol. The molecule has 2 rings (SSSR count).